The lowest BCUT2D eigenvalue weighted by molar-refractivity contribution is -0.888. The van der Waals surface area contributed by atoms with E-state index in [2.05, 4.69) is 20.2 Å². The summed E-state index contributed by atoms with van der Waals surface area (Å²) in [6.45, 7) is 3.38. The number of nitrogens with zero attached hydrogens (tertiary/aromatic N) is 2. The fourth-order valence-electron chi connectivity index (χ4n) is 4.89. The molecule has 42 heavy (non-hydrogen) atoms. The van der Waals surface area contributed by atoms with Crippen LogP contribution < -0.4 is 43.1 Å². The molecule has 4 rings (SSSR count). The highest BCUT2D eigenvalue weighted by atomic mass is 127. The zero-order valence-corrected chi connectivity index (χ0v) is 27.9. The maximum atomic E-state index is 14.2. The number of halogens is 1. The Hall–Kier alpha value is -2.96. The van der Waals surface area contributed by atoms with Crippen LogP contribution in [-0.2, 0) is 20.7 Å². The molecule has 0 radical (unpaired) electrons. The Labute approximate surface area is 269 Å². The first-order valence-corrected chi connectivity index (χ1v) is 14.4. The predicted molar refractivity (Wildman–Crippen MR) is 161 cm³/mol. The van der Waals surface area contributed by atoms with Crippen molar-refractivity contribution in [3.05, 3.63) is 77.9 Å². The van der Waals surface area contributed by atoms with Crippen molar-refractivity contribution in [2.75, 3.05) is 60.0 Å². The van der Waals surface area contributed by atoms with Gasteiger partial charge in [0.05, 0.1) is 66.0 Å². The third-order valence-electron chi connectivity index (χ3n) is 7.31. The van der Waals surface area contributed by atoms with E-state index in [0.717, 1.165) is 40.4 Å². The lowest BCUT2D eigenvalue weighted by atomic mass is 10.1. The van der Waals surface area contributed by atoms with Crippen molar-refractivity contribution in [2.45, 2.75) is 29.6 Å². The maximum Gasteiger partial charge on any atom is 0.303 e. The van der Waals surface area contributed by atoms with Crippen molar-refractivity contribution in [1.29, 1.82) is 0 Å². The van der Waals surface area contributed by atoms with Crippen LogP contribution in [0, 0.1) is 0 Å². The van der Waals surface area contributed by atoms with Gasteiger partial charge in [-0.05, 0) is 47.5 Å². The number of rotatable bonds is 11. The second-order valence-corrected chi connectivity index (χ2v) is 11.8. The van der Waals surface area contributed by atoms with E-state index < -0.39 is 17.3 Å². The first kappa shape index (κ1) is 33.5. The van der Waals surface area contributed by atoms with Crippen LogP contribution in [0.1, 0.15) is 23.3 Å². The Balaban J connectivity index is 0.00000484. The molecule has 0 saturated heterocycles. The molecule has 0 aliphatic carbocycles. The van der Waals surface area contributed by atoms with Gasteiger partial charge in [-0.3, -0.25) is 9.59 Å². The van der Waals surface area contributed by atoms with E-state index in [9.17, 15) is 9.59 Å². The van der Waals surface area contributed by atoms with Crippen LogP contribution in [0.25, 0.3) is 0 Å². The minimum absolute atomic E-state index is 0. The van der Waals surface area contributed by atoms with Crippen molar-refractivity contribution in [3.8, 4) is 17.2 Å². The number of hydrogen-bond donors (Lipinski definition) is 0. The van der Waals surface area contributed by atoms with E-state index >= 15 is 0 Å². The van der Waals surface area contributed by atoms with Crippen LogP contribution >= 0.6 is 11.8 Å². The average Bonchev–Trinajstić information content (AvgIpc) is 3.08. The van der Waals surface area contributed by atoms with Gasteiger partial charge in [-0.25, -0.2) is 0 Å². The first-order valence-electron chi connectivity index (χ1n) is 13.6. The summed E-state index contributed by atoms with van der Waals surface area (Å²) in [6.07, 6.45) is -0.135. The highest BCUT2D eigenvalue weighted by Crippen LogP contribution is 2.47. The molecule has 1 heterocycles. The molecule has 0 bridgehead atoms. The number of anilines is 1. The number of fused-ring (bicyclic) bond motifs is 1. The second kappa shape index (κ2) is 15.0. The molecule has 226 valence electrons. The monoisotopic (exact) mass is 706 g/mol. The smallest absolute Gasteiger partial charge is 0.303 e. The summed E-state index contributed by atoms with van der Waals surface area (Å²) < 4.78 is 22.6. The molecular weight excluding hydrogens is 667 g/mol. The number of quaternary nitrogens is 1. The van der Waals surface area contributed by atoms with Crippen LogP contribution in [0.5, 0.6) is 17.2 Å². The van der Waals surface area contributed by atoms with Crippen LogP contribution in [0.15, 0.2) is 71.6 Å². The summed E-state index contributed by atoms with van der Waals surface area (Å²) in [7, 11) is 9.20. The van der Waals surface area contributed by atoms with Crippen molar-refractivity contribution in [2.24, 2.45) is 0 Å². The molecule has 0 fully saturated rings. The number of thioether (sulfide) groups is 1. The van der Waals surface area contributed by atoms with Gasteiger partial charge in [-0.15, -0.1) is 11.8 Å². The summed E-state index contributed by atoms with van der Waals surface area (Å²) in [5.41, 5.74) is 2.87. The first-order chi connectivity index (χ1) is 19.7. The van der Waals surface area contributed by atoms with Crippen molar-refractivity contribution in [3.63, 3.8) is 0 Å². The molecule has 0 aromatic heterocycles. The van der Waals surface area contributed by atoms with Crippen LogP contribution in [0.2, 0.25) is 0 Å². The second-order valence-electron chi connectivity index (χ2n) is 10.6. The number of likely N-dealkylation sites (N-methyl/N-ethyl adjacent to an activating group) is 1. The lowest BCUT2D eigenvalue weighted by Gasteiger charge is -2.34. The van der Waals surface area contributed by atoms with E-state index in [0.29, 0.717) is 29.1 Å². The van der Waals surface area contributed by atoms with E-state index in [1.165, 1.54) is 6.92 Å². The van der Waals surface area contributed by atoms with Gasteiger partial charge in [0.25, 0.3) is 5.91 Å². The third kappa shape index (κ3) is 8.11. The van der Waals surface area contributed by atoms with Gasteiger partial charge in [0.2, 0.25) is 0 Å². The molecule has 2 unspecified atom stereocenters. The minimum atomic E-state index is -0.972. The highest BCUT2D eigenvalue weighted by Gasteiger charge is 2.41. The molecule has 1 aliphatic heterocycles. The molecule has 0 spiro atoms. The van der Waals surface area contributed by atoms with Gasteiger partial charge >= 0.3 is 5.97 Å². The van der Waals surface area contributed by atoms with Crippen LogP contribution in [0.3, 0.4) is 0 Å². The van der Waals surface area contributed by atoms with Crippen LogP contribution in [-0.4, -0.2) is 77.5 Å². The molecule has 0 N–H and O–H groups in total. The van der Waals surface area contributed by atoms with E-state index in [-0.39, 0.29) is 29.9 Å². The third-order valence-corrected chi connectivity index (χ3v) is 8.69. The normalized spacial score (nSPS) is 16.5. The largest absolute Gasteiger partial charge is 1.00 e. The molecule has 1 aliphatic rings. The van der Waals surface area contributed by atoms with E-state index in [1.807, 2.05) is 60.7 Å². The lowest BCUT2D eigenvalue weighted by Crippen LogP contribution is -3.00. The van der Waals surface area contributed by atoms with Crippen molar-refractivity contribution in [1.82, 2.24) is 0 Å². The summed E-state index contributed by atoms with van der Waals surface area (Å²) >= 11 is 1.54. The summed E-state index contributed by atoms with van der Waals surface area (Å²) in [5, 5.41) is -0.406. The van der Waals surface area contributed by atoms with Crippen molar-refractivity contribution < 1.29 is 57.0 Å². The molecule has 8 nitrogen and oxygen atoms in total. The maximum absolute atomic E-state index is 14.2. The molecule has 3 aromatic rings. The van der Waals surface area contributed by atoms with Crippen molar-refractivity contribution >= 4 is 29.3 Å². The number of amides is 1. The number of benzene rings is 3. The summed E-state index contributed by atoms with van der Waals surface area (Å²) in [5.74, 6) is 1.43. The number of carbonyl (C=O) groups is 2. The average molecular weight is 707 g/mol. The predicted octanol–water partition coefficient (Wildman–Crippen LogP) is 2.15. The molecule has 3 aromatic carbocycles. The quantitative estimate of drug-likeness (QED) is 0.172. The highest BCUT2D eigenvalue weighted by molar-refractivity contribution is 7.99. The molecular formula is C32H39IN2O6S. The number of para-hydroxylation sites is 1. The SMILES string of the molecule is COc1ccc(C2Sc3ccccc3N(CC[N+](C)(C)CCc3ccc(OC)c(OC)c3)C(=O)C2OC(C)=O)cc1.[I-]. The number of hydrogen-bond acceptors (Lipinski definition) is 7. The number of methoxy groups -OCH3 is 3. The molecule has 2 atom stereocenters. The zero-order chi connectivity index (χ0) is 29.6. The van der Waals surface area contributed by atoms with Gasteiger partial charge in [-0.1, -0.05) is 30.3 Å². The fourth-order valence-corrected chi connectivity index (χ4v) is 6.21. The van der Waals surface area contributed by atoms with Gasteiger partial charge in [0, 0.05) is 18.2 Å². The summed E-state index contributed by atoms with van der Waals surface area (Å²) in [6, 6.07) is 21.4. The van der Waals surface area contributed by atoms with Gasteiger partial charge in [0.15, 0.2) is 17.6 Å². The Morgan fingerprint density at radius 2 is 1.60 bits per heavy atom. The van der Waals surface area contributed by atoms with E-state index in [4.69, 9.17) is 18.9 Å². The number of carbonyl (C=O) groups excluding carboxylic acids is 2. The fraction of sp³-hybridized carbons (Fsp3) is 0.375. The Morgan fingerprint density at radius 3 is 2.24 bits per heavy atom. The minimum Gasteiger partial charge on any atom is -1.00 e. The molecule has 10 heteroatoms. The number of esters is 1. The Kier molecular flexibility index (Phi) is 12.0. The molecule has 0 saturated carbocycles. The number of ether oxygens (including phenoxy) is 4. The Bertz CT molecular complexity index is 1370. The van der Waals surface area contributed by atoms with Gasteiger partial charge in [0.1, 0.15) is 5.75 Å². The van der Waals surface area contributed by atoms with E-state index in [1.54, 1.807) is 38.0 Å². The van der Waals surface area contributed by atoms with Crippen LogP contribution in [0.4, 0.5) is 5.69 Å². The summed E-state index contributed by atoms with van der Waals surface area (Å²) in [4.78, 5) is 29.1. The Morgan fingerprint density at radius 1 is 0.905 bits per heavy atom. The van der Waals surface area contributed by atoms with Gasteiger partial charge in [-0.2, -0.15) is 0 Å². The topological polar surface area (TPSA) is 74.3 Å². The van der Waals surface area contributed by atoms with Gasteiger partial charge < -0.3 is 52.3 Å². The zero-order valence-electron chi connectivity index (χ0n) is 25.0. The molecule has 1 amide bonds. The standard InChI is InChI=1S/C32H39N2O6S.HI/c1-22(35)40-30-31(24-12-14-25(37-4)15-13-24)41-29-10-8-7-9-26(29)33(32(30)36)18-20-34(2,3)19-17-23-11-16-27(38-5)28(21-23)39-6;/h7-16,21,30-31H,17-20H2,1-6H3;1H/q+1;/p-1.